The Labute approximate surface area is 262 Å². The van der Waals surface area contributed by atoms with E-state index in [1.165, 1.54) is 0 Å². The maximum absolute atomic E-state index is 5.64. The summed E-state index contributed by atoms with van der Waals surface area (Å²) < 4.78 is 43.1. The molecule has 4 aliphatic rings. The highest BCUT2D eigenvalue weighted by atomic mass is 16.6. The molecule has 4 atom stereocenters. The van der Waals surface area contributed by atoms with Gasteiger partial charge < -0.3 is 43.4 Å². The van der Waals surface area contributed by atoms with Crippen molar-refractivity contribution in [1.29, 1.82) is 0 Å². The molecule has 9 nitrogen and oxygen atoms in total. The maximum atomic E-state index is 5.64. The standard InChI is InChI=1S/2C18H18O4.H2O/c2*1-5-15(19-9-17-11-21-17)6-2-13(1)14-3-7-16(8-4-14)20-10-18-12-22-18;/h2*1-8,17-18H,9-12H2;1H2. The van der Waals surface area contributed by atoms with Crippen molar-refractivity contribution in [2.45, 2.75) is 24.4 Å². The van der Waals surface area contributed by atoms with Crippen LogP contribution in [0.2, 0.25) is 0 Å². The third kappa shape index (κ3) is 9.94. The summed E-state index contributed by atoms with van der Waals surface area (Å²) in [5.74, 6) is 3.51. The summed E-state index contributed by atoms with van der Waals surface area (Å²) in [7, 11) is 0. The van der Waals surface area contributed by atoms with E-state index in [1.54, 1.807) is 0 Å². The molecular weight excluding hydrogens is 576 g/mol. The van der Waals surface area contributed by atoms with E-state index in [0.29, 0.717) is 26.4 Å². The largest absolute Gasteiger partial charge is 0.491 e. The van der Waals surface area contributed by atoms with Crippen LogP contribution in [0.1, 0.15) is 0 Å². The van der Waals surface area contributed by atoms with Crippen molar-refractivity contribution in [3.8, 4) is 45.3 Å². The van der Waals surface area contributed by atoms with E-state index in [1.807, 2.05) is 48.5 Å². The average molecular weight is 615 g/mol. The van der Waals surface area contributed by atoms with Gasteiger partial charge >= 0.3 is 0 Å². The summed E-state index contributed by atoms with van der Waals surface area (Å²) in [4.78, 5) is 0. The van der Waals surface area contributed by atoms with Gasteiger partial charge in [0.2, 0.25) is 0 Å². The van der Waals surface area contributed by atoms with Crippen molar-refractivity contribution in [2.24, 2.45) is 0 Å². The molecular formula is C36H38O9. The molecule has 4 aliphatic heterocycles. The Kier molecular flexibility index (Phi) is 10.1. The highest BCUT2D eigenvalue weighted by molar-refractivity contribution is 5.65. The van der Waals surface area contributed by atoms with Gasteiger partial charge in [-0.05, 0) is 70.8 Å². The molecule has 8 rings (SSSR count). The van der Waals surface area contributed by atoms with E-state index < -0.39 is 0 Å². The van der Waals surface area contributed by atoms with Gasteiger partial charge in [0.05, 0.1) is 26.4 Å². The fourth-order valence-electron chi connectivity index (χ4n) is 4.39. The van der Waals surface area contributed by atoms with Crippen molar-refractivity contribution >= 4 is 0 Å². The number of rotatable bonds is 14. The molecule has 0 aromatic heterocycles. The molecule has 4 aromatic rings. The molecule has 4 saturated heterocycles. The first-order valence-electron chi connectivity index (χ1n) is 15.1. The second kappa shape index (κ2) is 14.8. The first-order valence-corrected chi connectivity index (χ1v) is 15.1. The summed E-state index contributed by atoms with van der Waals surface area (Å²) in [6.45, 7) is 5.82. The van der Waals surface area contributed by atoms with Gasteiger partial charge in [0.15, 0.2) is 0 Å². The summed E-state index contributed by atoms with van der Waals surface area (Å²) in [6, 6.07) is 32.5. The molecule has 0 amide bonds. The molecule has 4 heterocycles. The van der Waals surface area contributed by atoms with E-state index in [0.717, 1.165) is 71.7 Å². The van der Waals surface area contributed by atoms with Crippen LogP contribution in [-0.4, -0.2) is 82.7 Å². The van der Waals surface area contributed by atoms with Crippen molar-refractivity contribution in [2.75, 3.05) is 52.9 Å². The van der Waals surface area contributed by atoms with Gasteiger partial charge in [-0.15, -0.1) is 0 Å². The lowest BCUT2D eigenvalue weighted by Crippen LogP contribution is -2.03. The maximum Gasteiger partial charge on any atom is 0.119 e. The molecule has 0 aliphatic carbocycles. The predicted octanol–water partition coefficient (Wildman–Crippen LogP) is 4.99. The molecule has 0 radical (unpaired) electrons. The fourth-order valence-corrected chi connectivity index (χ4v) is 4.39. The molecule has 9 heteroatoms. The fraction of sp³-hybridized carbons (Fsp3) is 0.333. The van der Waals surface area contributed by atoms with Crippen LogP contribution in [0.4, 0.5) is 0 Å². The van der Waals surface area contributed by atoms with Crippen LogP contribution in [0, 0.1) is 0 Å². The number of ether oxygens (including phenoxy) is 8. The third-order valence-electron chi connectivity index (χ3n) is 7.44. The first-order chi connectivity index (χ1) is 21.7. The highest BCUT2D eigenvalue weighted by Crippen LogP contribution is 2.27. The number of hydrogen-bond acceptors (Lipinski definition) is 8. The Morgan fingerprint density at radius 2 is 0.533 bits per heavy atom. The second-order valence-corrected chi connectivity index (χ2v) is 11.2. The van der Waals surface area contributed by atoms with Gasteiger partial charge in [0, 0.05) is 0 Å². The predicted molar refractivity (Wildman–Crippen MR) is 168 cm³/mol. The second-order valence-electron chi connectivity index (χ2n) is 11.2. The number of hydrogen-bond donors (Lipinski definition) is 0. The van der Waals surface area contributed by atoms with Crippen molar-refractivity contribution in [3.05, 3.63) is 97.1 Å². The summed E-state index contributed by atoms with van der Waals surface area (Å²) in [6.07, 6.45) is 1.14. The Bertz CT molecular complexity index is 1230. The first kappa shape index (κ1) is 30.9. The normalized spacial score (nSPS) is 21.7. The lowest BCUT2D eigenvalue weighted by molar-refractivity contribution is 0.263. The molecule has 0 spiro atoms. The van der Waals surface area contributed by atoms with Crippen LogP contribution in [0.5, 0.6) is 23.0 Å². The zero-order chi connectivity index (χ0) is 29.6. The summed E-state index contributed by atoms with van der Waals surface area (Å²) in [5, 5.41) is 0. The van der Waals surface area contributed by atoms with Gasteiger partial charge in [-0.1, -0.05) is 48.5 Å². The minimum absolute atomic E-state index is 0. The minimum Gasteiger partial charge on any atom is -0.491 e. The average Bonchev–Trinajstić information content (AvgIpc) is 3.91. The molecule has 4 unspecified atom stereocenters. The molecule has 0 bridgehead atoms. The van der Waals surface area contributed by atoms with E-state index in [9.17, 15) is 0 Å². The van der Waals surface area contributed by atoms with E-state index >= 15 is 0 Å². The van der Waals surface area contributed by atoms with Gasteiger partial charge in [-0.2, -0.15) is 0 Å². The molecule has 2 N–H and O–H groups in total. The minimum atomic E-state index is 0. The summed E-state index contributed by atoms with van der Waals surface area (Å²) >= 11 is 0. The van der Waals surface area contributed by atoms with Crippen LogP contribution in [-0.2, 0) is 18.9 Å². The van der Waals surface area contributed by atoms with Crippen LogP contribution < -0.4 is 18.9 Å². The molecule has 4 aromatic carbocycles. The zero-order valence-electron chi connectivity index (χ0n) is 25.0. The van der Waals surface area contributed by atoms with Crippen LogP contribution in [0.3, 0.4) is 0 Å². The Morgan fingerprint density at radius 1 is 0.356 bits per heavy atom. The lowest BCUT2D eigenvalue weighted by atomic mass is 10.1. The van der Waals surface area contributed by atoms with E-state index in [-0.39, 0.29) is 29.9 Å². The van der Waals surface area contributed by atoms with E-state index in [2.05, 4.69) is 48.5 Å². The third-order valence-corrected chi connectivity index (χ3v) is 7.44. The van der Waals surface area contributed by atoms with Gasteiger partial charge in [0.25, 0.3) is 0 Å². The monoisotopic (exact) mass is 614 g/mol. The van der Waals surface area contributed by atoms with Gasteiger partial charge in [-0.25, -0.2) is 0 Å². The van der Waals surface area contributed by atoms with Crippen LogP contribution in [0.25, 0.3) is 22.3 Å². The molecule has 4 fully saturated rings. The quantitative estimate of drug-likeness (QED) is 0.182. The smallest absolute Gasteiger partial charge is 0.119 e. The molecule has 45 heavy (non-hydrogen) atoms. The Morgan fingerprint density at radius 3 is 0.689 bits per heavy atom. The Hall–Kier alpha value is -4.12. The highest BCUT2D eigenvalue weighted by Gasteiger charge is 2.25. The Balaban J connectivity index is 0.000000155. The SMILES string of the molecule is O.c1cc(-c2ccc(OCC3CO3)cc2)ccc1OCC1CO1.c1cc(-c2ccc(OCC3CO3)cc2)ccc1OCC1CO1. The zero-order valence-corrected chi connectivity index (χ0v) is 25.0. The van der Waals surface area contributed by atoms with E-state index in [4.69, 9.17) is 37.9 Å². The number of benzene rings is 4. The molecule has 0 saturated carbocycles. The van der Waals surface area contributed by atoms with Crippen molar-refractivity contribution in [1.82, 2.24) is 0 Å². The van der Waals surface area contributed by atoms with Gasteiger partial charge in [-0.3, -0.25) is 0 Å². The lowest BCUT2D eigenvalue weighted by Gasteiger charge is -2.08. The topological polar surface area (TPSA) is 119 Å². The number of epoxide rings is 4. The summed E-state index contributed by atoms with van der Waals surface area (Å²) in [5.41, 5.74) is 4.64. The van der Waals surface area contributed by atoms with Gasteiger partial charge in [0.1, 0.15) is 73.8 Å². The van der Waals surface area contributed by atoms with Crippen molar-refractivity contribution < 1.29 is 43.4 Å². The molecule has 236 valence electrons. The van der Waals surface area contributed by atoms with Crippen LogP contribution >= 0.6 is 0 Å². The van der Waals surface area contributed by atoms with Crippen LogP contribution in [0.15, 0.2) is 97.1 Å². The van der Waals surface area contributed by atoms with Crippen molar-refractivity contribution in [3.63, 3.8) is 0 Å².